The van der Waals surface area contributed by atoms with E-state index < -0.39 is 5.60 Å². The van der Waals surface area contributed by atoms with E-state index in [1.54, 1.807) is 29.2 Å². The number of carbonyl (C=O) groups is 1. The summed E-state index contributed by atoms with van der Waals surface area (Å²) in [5.74, 6) is 0.0873. The summed E-state index contributed by atoms with van der Waals surface area (Å²) in [5.41, 5.74) is -0.700. The third-order valence-corrected chi connectivity index (χ3v) is 4.21. The van der Waals surface area contributed by atoms with Crippen molar-refractivity contribution in [2.24, 2.45) is 0 Å². The summed E-state index contributed by atoms with van der Waals surface area (Å²) >= 11 is 0. The van der Waals surface area contributed by atoms with Crippen LogP contribution in [0.2, 0.25) is 0 Å². The van der Waals surface area contributed by atoms with Gasteiger partial charge in [0.25, 0.3) is 0 Å². The minimum atomic E-state index is -1.30. The SMILES string of the molecule is O=C(Cc1cccc(F)c1)N1CCOC[C@@](O)(COc2ccccc2)C1. The molecule has 1 aliphatic heterocycles. The molecule has 3 rings (SSSR count). The van der Waals surface area contributed by atoms with Gasteiger partial charge >= 0.3 is 0 Å². The third-order valence-electron chi connectivity index (χ3n) is 4.21. The minimum absolute atomic E-state index is 0.0146. The van der Waals surface area contributed by atoms with Crippen LogP contribution in [0.3, 0.4) is 0 Å². The zero-order chi connectivity index (χ0) is 18.4. The van der Waals surface area contributed by atoms with Gasteiger partial charge in [0.05, 0.1) is 26.2 Å². The van der Waals surface area contributed by atoms with Gasteiger partial charge in [-0.05, 0) is 29.8 Å². The van der Waals surface area contributed by atoms with Crippen LogP contribution in [-0.4, -0.2) is 54.4 Å². The van der Waals surface area contributed by atoms with E-state index in [-0.39, 0.29) is 37.9 Å². The molecule has 1 aliphatic rings. The summed E-state index contributed by atoms with van der Waals surface area (Å²) in [7, 11) is 0. The maximum atomic E-state index is 13.3. The van der Waals surface area contributed by atoms with Gasteiger partial charge < -0.3 is 19.5 Å². The van der Waals surface area contributed by atoms with Crippen LogP contribution in [0, 0.1) is 5.82 Å². The second-order valence-corrected chi connectivity index (χ2v) is 6.50. The van der Waals surface area contributed by atoms with E-state index in [1.807, 2.05) is 18.2 Å². The lowest BCUT2D eigenvalue weighted by Gasteiger charge is -2.30. The fourth-order valence-electron chi connectivity index (χ4n) is 2.88. The van der Waals surface area contributed by atoms with Gasteiger partial charge in [-0.15, -0.1) is 0 Å². The number of aliphatic hydroxyl groups is 1. The number of hydrogen-bond donors (Lipinski definition) is 1. The molecule has 0 bridgehead atoms. The van der Waals surface area contributed by atoms with Gasteiger partial charge in [-0.1, -0.05) is 30.3 Å². The second-order valence-electron chi connectivity index (χ2n) is 6.50. The molecule has 1 N–H and O–H groups in total. The lowest BCUT2D eigenvalue weighted by Crippen LogP contribution is -2.50. The molecule has 1 saturated heterocycles. The standard InChI is InChI=1S/C20H22FNO4/c21-17-6-4-5-16(11-17)12-19(23)22-9-10-25-14-20(24,13-22)15-26-18-7-2-1-3-8-18/h1-8,11,24H,9-10,12-15H2/t20-/m1/s1. The van der Waals surface area contributed by atoms with Crippen molar-refractivity contribution in [2.45, 2.75) is 12.0 Å². The molecule has 1 heterocycles. The van der Waals surface area contributed by atoms with Crippen LogP contribution >= 0.6 is 0 Å². The topological polar surface area (TPSA) is 59.0 Å². The van der Waals surface area contributed by atoms with Gasteiger partial charge in [-0.25, -0.2) is 4.39 Å². The molecule has 0 spiro atoms. The molecule has 0 unspecified atom stereocenters. The third kappa shape index (κ3) is 5.03. The first-order chi connectivity index (χ1) is 12.5. The molecule has 0 aliphatic carbocycles. The number of amides is 1. The van der Waals surface area contributed by atoms with Crippen LogP contribution in [0.4, 0.5) is 4.39 Å². The Balaban J connectivity index is 1.63. The summed E-state index contributed by atoms with van der Waals surface area (Å²) < 4.78 is 24.4. The molecule has 0 radical (unpaired) electrons. The highest BCUT2D eigenvalue weighted by molar-refractivity contribution is 5.79. The van der Waals surface area contributed by atoms with E-state index in [4.69, 9.17) is 9.47 Å². The Morgan fingerprint density at radius 2 is 2.04 bits per heavy atom. The number of hydrogen-bond acceptors (Lipinski definition) is 4. The fourth-order valence-corrected chi connectivity index (χ4v) is 2.88. The van der Waals surface area contributed by atoms with Gasteiger partial charge in [0, 0.05) is 6.54 Å². The average Bonchev–Trinajstić information content (AvgIpc) is 2.83. The Hall–Kier alpha value is -2.44. The average molecular weight is 359 g/mol. The minimum Gasteiger partial charge on any atom is -0.490 e. The van der Waals surface area contributed by atoms with E-state index in [1.165, 1.54) is 12.1 Å². The zero-order valence-corrected chi connectivity index (χ0v) is 14.4. The van der Waals surface area contributed by atoms with Crippen LogP contribution in [0.5, 0.6) is 5.75 Å². The van der Waals surface area contributed by atoms with Gasteiger partial charge in [0.15, 0.2) is 0 Å². The predicted octanol–water partition coefficient (Wildman–Crippen LogP) is 2.04. The largest absolute Gasteiger partial charge is 0.490 e. The quantitative estimate of drug-likeness (QED) is 0.888. The van der Waals surface area contributed by atoms with Crippen molar-refractivity contribution in [2.75, 3.05) is 32.9 Å². The molecule has 0 saturated carbocycles. The Morgan fingerprint density at radius 1 is 1.23 bits per heavy atom. The summed E-state index contributed by atoms with van der Waals surface area (Å²) in [6.45, 7) is 0.919. The van der Waals surface area contributed by atoms with Crippen molar-refractivity contribution in [1.82, 2.24) is 4.90 Å². The van der Waals surface area contributed by atoms with Gasteiger partial charge in [-0.2, -0.15) is 0 Å². The summed E-state index contributed by atoms with van der Waals surface area (Å²) in [4.78, 5) is 14.1. The Labute approximate surface area is 152 Å². The molecule has 26 heavy (non-hydrogen) atoms. The van der Waals surface area contributed by atoms with Crippen LogP contribution < -0.4 is 4.74 Å². The molecule has 1 atom stereocenters. The number of halogens is 1. The highest BCUT2D eigenvalue weighted by atomic mass is 19.1. The first-order valence-electron chi connectivity index (χ1n) is 8.54. The second kappa shape index (κ2) is 8.29. The maximum absolute atomic E-state index is 13.3. The molecule has 2 aromatic rings. The zero-order valence-electron chi connectivity index (χ0n) is 14.4. The fraction of sp³-hybridized carbons (Fsp3) is 0.350. The number of para-hydroxylation sites is 1. The first kappa shape index (κ1) is 18.4. The van der Waals surface area contributed by atoms with Crippen molar-refractivity contribution in [3.05, 3.63) is 66.0 Å². The normalized spacial score (nSPS) is 20.5. The van der Waals surface area contributed by atoms with E-state index in [0.717, 1.165) is 0 Å². The van der Waals surface area contributed by atoms with E-state index in [9.17, 15) is 14.3 Å². The molecular weight excluding hydrogens is 337 g/mol. The Bertz CT molecular complexity index is 740. The molecule has 1 fully saturated rings. The molecule has 5 nitrogen and oxygen atoms in total. The molecule has 138 valence electrons. The number of rotatable bonds is 5. The summed E-state index contributed by atoms with van der Waals surface area (Å²) in [5, 5.41) is 10.8. The van der Waals surface area contributed by atoms with Gasteiger partial charge in [0.2, 0.25) is 5.91 Å². The molecule has 2 aromatic carbocycles. The van der Waals surface area contributed by atoms with E-state index in [0.29, 0.717) is 24.5 Å². The highest BCUT2D eigenvalue weighted by Gasteiger charge is 2.35. The van der Waals surface area contributed by atoms with Crippen molar-refractivity contribution in [3.63, 3.8) is 0 Å². The van der Waals surface area contributed by atoms with Crippen LogP contribution in [0.15, 0.2) is 54.6 Å². The Kier molecular flexibility index (Phi) is 5.85. The Morgan fingerprint density at radius 3 is 2.81 bits per heavy atom. The lowest BCUT2D eigenvalue weighted by molar-refractivity contribution is -0.134. The van der Waals surface area contributed by atoms with Crippen LogP contribution in [-0.2, 0) is 16.0 Å². The number of ether oxygens (including phenoxy) is 2. The smallest absolute Gasteiger partial charge is 0.227 e. The van der Waals surface area contributed by atoms with Crippen molar-refractivity contribution in [3.8, 4) is 5.75 Å². The monoisotopic (exact) mass is 359 g/mol. The molecule has 1 amide bonds. The highest BCUT2D eigenvalue weighted by Crippen LogP contribution is 2.17. The van der Waals surface area contributed by atoms with Gasteiger partial charge in [0.1, 0.15) is 23.8 Å². The molecule has 6 heteroatoms. The molecule has 0 aromatic heterocycles. The summed E-state index contributed by atoms with van der Waals surface area (Å²) in [6, 6.07) is 15.1. The molecular formula is C20H22FNO4. The van der Waals surface area contributed by atoms with E-state index >= 15 is 0 Å². The van der Waals surface area contributed by atoms with Crippen LogP contribution in [0.1, 0.15) is 5.56 Å². The van der Waals surface area contributed by atoms with Crippen molar-refractivity contribution in [1.29, 1.82) is 0 Å². The number of benzene rings is 2. The predicted molar refractivity (Wildman–Crippen MR) is 94.4 cm³/mol. The van der Waals surface area contributed by atoms with Crippen molar-refractivity contribution >= 4 is 5.91 Å². The van der Waals surface area contributed by atoms with E-state index in [2.05, 4.69) is 0 Å². The summed E-state index contributed by atoms with van der Waals surface area (Å²) in [6.07, 6.45) is 0.0768. The lowest BCUT2D eigenvalue weighted by atomic mass is 10.1. The number of β-amino-alcohol motifs (C(OH)–C–C–N with tert-alkyl or cyclic N) is 1. The van der Waals surface area contributed by atoms with Crippen molar-refractivity contribution < 1.29 is 23.8 Å². The van der Waals surface area contributed by atoms with Gasteiger partial charge in [-0.3, -0.25) is 4.79 Å². The number of carbonyl (C=O) groups excluding carboxylic acids is 1. The van der Waals surface area contributed by atoms with Crippen LogP contribution in [0.25, 0.3) is 0 Å². The maximum Gasteiger partial charge on any atom is 0.227 e. The first-order valence-corrected chi connectivity index (χ1v) is 8.54. The number of nitrogens with zero attached hydrogens (tertiary/aromatic N) is 1.